The minimum atomic E-state index is 1.09. The molecular weight excluding hydrogens is 326 g/mol. The van der Waals surface area contributed by atoms with Gasteiger partial charge in [0.2, 0.25) is 0 Å². The lowest BCUT2D eigenvalue weighted by Gasteiger charge is -2.09. The van der Waals surface area contributed by atoms with Crippen LogP contribution in [0, 0.1) is 0 Å². The fraction of sp³-hybridized carbons (Fsp3) is 0.0769. The second-order valence-electron chi connectivity index (χ2n) is 6.01. The molecule has 0 radical (unpaired) electrons. The fourth-order valence-corrected chi connectivity index (χ4v) is 2.92. The maximum absolute atomic E-state index is 3.46. The maximum Gasteiger partial charge on any atom is 0.0384 e. The monoisotopic (exact) mass is 351 g/mol. The molecule has 4 rings (SSSR count). The van der Waals surface area contributed by atoms with Crippen molar-refractivity contribution >= 4 is 11.4 Å². The standard InChI is InChI=1S/C24H19N.C2H6/c1-3-7-19(8-4-1)21-11-15-23(16-12-21)25-24-17-13-22(14-18-24)20-9-5-2-6-10-20;1-2/h1-18,25H;1-2H3. The first-order valence-electron chi connectivity index (χ1n) is 9.46. The molecular formula is C26H25N. The summed E-state index contributed by atoms with van der Waals surface area (Å²) < 4.78 is 0. The smallest absolute Gasteiger partial charge is 0.0384 e. The Hall–Kier alpha value is -3.32. The van der Waals surface area contributed by atoms with Crippen LogP contribution in [-0.2, 0) is 0 Å². The zero-order valence-corrected chi connectivity index (χ0v) is 15.9. The summed E-state index contributed by atoms with van der Waals surface area (Å²) in [6, 6.07) is 37.9. The van der Waals surface area contributed by atoms with E-state index in [4.69, 9.17) is 0 Å². The normalized spacial score (nSPS) is 9.85. The summed E-state index contributed by atoms with van der Waals surface area (Å²) in [7, 11) is 0. The van der Waals surface area contributed by atoms with E-state index in [9.17, 15) is 0 Å². The van der Waals surface area contributed by atoms with Gasteiger partial charge in [-0.05, 0) is 46.5 Å². The molecule has 1 nitrogen and oxygen atoms in total. The minimum absolute atomic E-state index is 1.09. The Balaban J connectivity index is 0.00000102. The van der Waals surface area contributed by atoms with Crippen molar-refractivity contribution in [3.63, 3.8) is 0 Å². The second kappa shape index (κ2) is 9.40. The largest absolute Gasteiger partial charge is 0.356 e. The third-order valence-electron chi connectivity index (χ3n) is 4.27. The van der Waals surface area contributed by atoms with Crippen LogP contribution in [-0.4, -0.2) is 0 Å². The van der Waals surface area contributed by atoms with Crippen molar-refractivity contribution in [1.82, 2.24) is 0 Å². The Bertz CT molecular complexity index is 844. The third-order valence-corrected chi connectivity index (χ3v) is 4.27. The van der Waals surface area contributed by atoms with Crippen molar-refractivity contribution in [2.75, 3.05) is 5.32 Å². The highest BCUT2D eigenvalue weighted by Gasteiger charge is 2.00. The molecule has 0 heterocycles. The Morgan fingerprint density at radius 3 is 1.00 bits per heavy atom. The van der Waals surface area contributed by atoms with Crippen LogP contribution in [0.4, 0.5) is 11.4 Å². The lowest BCUT2D eigenvalue weighted by Crippen LogP contribution is -1.90. The number of hydrogen-bond donors (Lipinski definition) is 1. The first-order valence-corrected chi connectivity index (χ1v) is 9.46. The average Bonchev–Trinajstić information content (AvgIpc) is 2.77. The van der Waals surface area contributed by atoms with Gasteiger partial charge in [0.1, 0.15) is 0 Å². The van der Waals surface area contributed by atoms with Crippen LogP contribution in [0.3, 0.4) is 0 Å². The molecule has 27 heavy (non-hydrogen) atoms. The van der Waals surface area contributed by atoms with E-state index in [0.29, 0.717) is 0 Å². The van der Waals surface area contributed by atoms with E-state index in [0.717, 1.165) is 11.4 Å². The quantitative estimate of drug-likeness (QED) is 0.395. The van der Waals surface area contributed by atoms with Gasteiger partial charge >= 0.3 is 0 Å². The maximum atomic E-state index is 3.46. The molecule has 0 aliphatic rings. The topological polar surface area (TPSA) is 12.0 Å². The average molecular weight is 351 g/mol. The highest BCUT2D eigenvalue weighted by atomic mass is 14.9. The summed E-state index contributed by atoms with van der Waals surface area (Å²) in [5.41, 5.74) is 7.11. The zero-order chi connectivity index (χ0) is 18.9. The van der Waals surface area contributed by atoms with E-state index >= 15 is 0 Å². The Morgan fingerprint density at radius 1 is 0.370 bits per heavy atom. The van der Waals surface area contributed by atoms with E-state index in [-0.39, 0.29) is 0 Å². The highest BCUT2D eigenvalue weighted by Crippen LogP contribution is 2.25. The van der Waals surface area contributed by atoms with Gasteiger partial charge in [-0.2, -0.15) is 0 Å². The summed E-state index contributed by atoms with van der Waals surface area (Å²) in [6.45, 7) is 4.00. The summed E-state index contributed by atoms with van der Waals surface area (Å²) in [5.74, 6) is 0. The number of hydrogen-bond acceptors (Lipinski definition) is 1. The van der Waals surface area contributed by atoms with Crippen LogP contribution in [0.1, 0.15) is 13.8 Å². The lowest BCUT2D eigenvalue weighted by atomic mass is 10.0. The predicted octanol–water partition coefficient (Wildman–Crippen LogP) is 7.79. The molecule has 0 aliphatic heterocycles. The van der Waals surface area contributed by atoms with Crippen LogP contribution < -0.4 is 5.32 Å². The van der Waals surface area contributed by atoms with Gasteiger partial charge in [-0.1, -0.05) is 98.8 Å². The number of anilines is 2. The van der Waals surface area contributed by atoms with Gasteiger partial charge in [-0.25, -0.2) is 0 Å². The molecule has 0 fully saturated rings. The molecule has 0 amide bonds. The van der Waals surface area contributed by atoms with E-state index in [1.54, 1.807) is 0 Å². The highest BCUT2D eigenvalue weighted by molar-refractivity contribution is 5.70. The van der Waals surface area contributed by atoms with Crippen molar-refractivity contribution in [3.8, 4) is 22.3 Å². The molecule has 0 atom stereocenters. The Morgan fingerprint density at radius 2 is 0.667 bits per heavy atom. The molecule has 0 unspecified atom stereocenters. The van der Waals surface area contributed by atoms with E-state index in [1.807, 2.05) is 26.0 Å². The van der Waals surface area contributed by atoms with Crippen LogP contribution >= 0.6 is 0 Å². The molecule has 0 spiro atoms. The van der Waals surface area contributed by atoms with Crippen LogP contribution in [0.15, 0.2) is 109 Å². The van der Waals surface area contributed by atoms with Gasteiger partial charge in [-0.3, -0.25) is 0 Å². The predicted molar refractivity (Wildman–Crippen MR) is 118 cm³/mol. The van der Waals surface area contributed by atoms with Crippen molar-refractivity contribution in [2.24, 2.45) is 0 Å². The first-order chi connectivity index (χ1) is 13.4. The molecule has 4 aromatic carbocycles. The zero-order valence-electron chi connectivity index (χ0n) is 15.9. The number of rotatable bonds is 4. The molecule has 0 aliphatic carbocycles. The molecule has 1 N–H and O–H groups in total. The van der Waals surface area contributed by atoms with E-state index in [1.165, 1.54) is 22.3 Å². The molecule has 4 aromatic rings. The van der Waals surface area contributed by atoms with Crippen LogP contribution in [0.2, 0.25) is 0 Å². The Kier molecular flexibility index (Phi) is 6.43. The molecule has 0 bridgehead atoms. The lowest BCUT2D eigenvalue weighted by molar-refractivity contribution is 1.50. The van der Waals surface area contributed by atoms with E-state index < -0.39 is 0 Å². The van der Waals surface area contributed by atoms with Crippen LogP contribution in [0.5, 0.6) is 0 Å². The minimum Gasteiger partial charge on any atom is -0.356 e. The van der Waals surface area contributed by atoms with Crippen molar-refractivity contribution in [3.05, 3.63) is 109 Å². The van der Waals surface area contributed by atoms with Gasteiger partial charge in [0.05, 0.1) is 0 Å². The SMILES string of the molecule is CC.c1ccc(-c2ccc(Nc3ccc(-c4ccccc4)cc3)cc2)cc1. The summed E-state index contributed by atoms with van der Waals surface area (Å²) >= 11 is 0. The number of benzene rings is 4. The van der Waals surface area contributed by atoms with Gasteiger partial charge < -0.3 is 5.32 Å². The van der Waals surface area contributed by atoms with Gasteiger partial charge in [0, 0.05) is 11.4 Å². The van der Waals surface area contributed by atoms with Crippen LogP contribution in [0.25, 0.3) is 22.3 Å². The van der Waals surface area contributed by atoms with Gasteiger partial charge in [-0.15, -0.1) is 0 Å². The van der Waals surface area contributed by atoms with Gasteiger partial charge in [0.15, 0.2) is 0 Å². The van der Waals surface area contributed by atoms with E-state index in [2.05, 4.69) is 102 Å². The van der Waals surface area contributed by atoms with Crippen molar-refractivity contribution < 1.29 is 0 Å². The van der Waals surface area contributed by atoms with Crippen molar-refractivity contribution in [1.29, 1.82) is 0 Å². The Labute approximate surface area is 162 Å². The summed E-state index contributed by atoms with van der Waals surface area (Å²) in [5, 5.41) is 3.46. The first kappa shape index (κ1) is 18.5. The van der Waals surface area contributed by atoms with Crippen molar-refractivity contribution in [2.45, 2.75) is 13.8 Å². The molecule has 0 saturated carbocycles. The molecule has 1 heteroatoms. The second-order valence-corrected chi connectivity index (χ2v) is 6.01. The fourth-order valence-electron chi connectivity index (χ4n) is 2.92. The molecule has 134 valence electrons. The van der Waals surface area contributed by atoms with Gasteiger partial charge in [0.25, 0.3) is 0 Å². The summed E-state index contributed by atoms with van der Waals surface area (Å²) in [4.78, 5) is 0. The molecule has 0 saturated heterocycles. The third kappa shape index (κ3) is 4.86. The number of nitrogens with one attached hydrogen (secondary N) is 1. The molecule has 0 aromatic heterocycles. The summed E-state index contributed by atoms with van der Waals surface area (Å²) in [6.07, 6.45) is 0.